The molecule has 2 heteroatoms. The standard InChI is InChI=1S/C13H18O2/c1-13(2)9-8-12(15-13)10-14-11-6-4-3-5-7-11/h3-7,12H,8-10H2,1-2H3. The summed E-state index contributed by atoms with van der Waals surface area (Å²) < 4.78 is 11.5. The van der Waals surface area contributed by atoms with Gasteiger partial charge in [-0.05, 0) is 38.8 Å². The highest BCUT2D eigenvalue weighted by Crippen LogP contribution is 2.29. The van der Waals surface area contributed by atoms with Gasteiger partial charge in [-0.3, -0.25) is 0 Å². The quantitative estimate of drug-likeness (QED) is 0.756. The topological polar surface area (TPSA) is 18.5 Å². The van der Waals surface area contributed by atoms with E-state index in [1.807, 2.05) is 30.3 Å². The molecule has 0 bridgehead atoms. The van der Waals surface area contributed by atoms with Gasteiger partial charge in [0.1, 0.15) is 12.4 Å². The van der Waals surface area contributed by atoms with Crippen LogP contribution in [-0.4, -0.2) is 18.3 Å². The number of hydrogen-bond acceptors (Lipinski definition) is 2. The van der Waals surface area contributed by atoms with Gasteiger partial charge in [0.05, 0.1) is 11.7 Å². The Morgan fingerprint density at radius 1 is 1.33 bits per heavy atom. The largest absolute Gasteiger partial charge is 0.491 e. The Kier molecular flexibility index (Phi) is 2.96. The average Bonchev–Trinajstić information content (AvgIpc) is 2.57. The molecule has 0 aromatic heterocycles. The third kappa shape index (κ3) is 2.96. The first-order valence-corrected chi connectivity index (χ1v) is 5.51. The summed E-state index contributed by atoms with van der Waals surface area (Å²) in [6, 6.07) is 9.89. The molecule has 1 aromatic carbocycles. The van der Waals surface area contributed by atoms with Crippen molar-refractivity contribution in [2.24, 2.45) is 0 Å². The Morgan fingerprint density at radius 3 is 2.67 bits per heavy atom. The van der Waals surface area contributed by atoms with Crippen molar-refractivity contribution >= 4 is 0 Å². The van der Waals surface area contributed by atoms with E-state index in [1.54, 1.807) is 0 Å². The van der Waals surface area contributed by atoms with Gasteiger partial charge in [-0.2, -0.15) is 0 Å². The first kappa shape index (κ1) is 10.5. The highest BCUT2D eigenvalue weighted by molar-refractivity contribution is 5.20. The molecule has 1 fully saturated rings. The van der Waals surface area contributed by atoms with Gasteiger partial charge >= 0.3 is 0 Å². The second kappa shape index (κ2) is 4.23. The van der Waals surface area contributed by atoms with Crippen LogP contribution < -0.4 is 4.74 Å². The predicted octanol–water partition coefficient (Wildman–Crippen LogP) is 3.02. The van der Waals surface area contributed by atoms with Crippen LogP contribution in [0.3, 0.4) is 0 Å². The second-order valence-corrected chi connectivity index (χ2v) is 4.66. The molecule has 1 atom stereocenters. The van der Waals surface area contributed by atoms with E-state index in [2.05, 4.69) is 13.8 Å². The fourth-order valence-corrected chi connectivity index (χ4v) is 1.90. The van der Waals surface area contributed by atoms with Crippen LogP contribution in [0.15, 0.2) is 30.3 Å². The Morgan fingerprint density at radius 2 is 2.07 bits per heavy atom. The van der Waals surface area contributed by atoms with Crippen LogP contribution >= 0.6 is 0 Å². The first-order chi connectivity index (χ1) is 7.16. The first-order valence-electron chi connectivity index (χ1n) is 5.51. The van der Waals surface area contributed by atoms with Gasteiger partial charge in [-0.25, -0.2) is 0 Å². The summed E-state index contributed by atoms with van der Waals surface area (Å²) in [7, 11) is 0. The van der Waals surface area contributed by atoms with E-state index < -0.39 is 0 Å². The van der Waals surface area contributed by atoms with Crippen molar-refractivity contribution in [2.45, 2.75) is 38.4 Å². The zero-order valence-electron chi connectivity index (χ0n) is 9.40. The summed E-state index contributed by atoms with van der Waals surface area (Å²) >= 11 is 0. The Bertz CT molecular complexity index is 306. The van der Waals surface area contributed by atoms with Crippen molar-refractivity contribution in [1.29, 1.82) is 0 Å². The Balaban J connectivity index is 1.80. The molecule has 82 valence electrons. The summed E-state index contributed by atoms with van der Waals surface area (Å²) in [6.45, 7) is 4.93. The number of rotatable bonds is 3. The molecule has 0 amide bonds. The van der Waals surface area contributed by atoms with E-state index >= 15 is 0 Å². The molecule has 15 heavy (non-hydrogen) atoms. The minimum atomic E-state index is 0.0325. The van der Waals surface area contributed by atoms with Crippen molar-refractivity contribution in [3.05, 3.63) is 30.3 Å². The third-order valence-electron chi connectivity index (χ3n) is 2.73. The van der Waals surface area contributed by atoms with Crippen LogP contribution in [0, 0.1) is 0 Å². The number of hydrogen-bond donors (Lipinski definition) is 0. The van der Waals surface area contributed by atoms with Crippen molar-refractivity contribution in [2.75, 3.05) is 6.61 Å². The zero-order chi connectivity index (χ0) is 10.7. The number of ether oxygens (including phenoxy) is 2. The molecule has 1 aromatic rings. The fraction of sp³-hybridized carbons (Fsp3) is 0.538. The molecule has 1 unspecified atom stereocenters. The normalized spacial score (nSPS) is 24.0. The smallest absolute Gasteiger partial charge is 0.119 e. The van der Waals surface area contributed by atoms with E-state index in [0.29, 0.717) is 6.61 Å². The van der Waals surface area contributed by atoms with Crippen LogP contribution in [0.1, 0.15) is 26.7 Å². The molecule has 2 nitrogen and oxygen atoms in total. The Hall–Kier alpha value is -1.02. The maximum Gasteiger partial charge on any atom is 0.119 e. The molecule has 1 aliphatic rings. The summed E-state index contributed by atoms with van der Waals surface area (Å²) in [5.41, 5.74) is 0.0325. The number of para-hydroxylation sites is 1. The lowest BCUT2D eigenvalue weighted by Crippen LogP contribution is -2.23. The zero-order valence-corrected chi connectivity index (χ0v) is 9.40. The Labute approximate surface area is 91.2 Å². The van der Waals surface area contributed by atoms with Gasteiger partial charge in [0.2, 0.25) is 0 Å². The maximum absolute atomic E-state index is 5.85. The van der Waals surface area contributed by atoms with Crippen molar-refractivity contribution in [3.63, 3.8) is 0 Å². The van der Waals surface area contributed by atoms with E-state index in [0.717, 1.165) is 18.6 Å². The van der Waals surface area contributed by atoms with E-state index in [1.165, 1.54) is 0 Å². The van der Waals surface area contributed by atoms with E-state index in [9.17, 15) is 0 Å². The van der Waals surface area contributed by atoms with Crippen LogP contribution in [-0.2, 0) is 4.74 Å². The molecule has 1 heterocycles. The predicted molar refractivity (Wildman–Crippen MR) is 60.1 cm³/mol. The summed E-state index contributed by atoms with van der Waals surface area (Å²) in [4.78, 5) is 0. The van der Waals surface area contributed by atoms with Crippen LogP contribution in [0.2, 0.25) is 0 Å². The molecule has 0 spiro atoms. The van der Waals surface area contributed by atoms with Gasteiger partial charge in [-0.1, -0.05) is 18.2 Å². The molecular formula is C13H18O2. The molecule has 0 radical (unpaired) electrons. The molecule has 2 rings (SSSR count). The molecular weight excluding hydrogens is 188 g/mol. The lowest BCUT2D eigenvalue weighted by Gasteiger charge is -2.19. The third-order valence-corrected chi connectivity index (χ3v) is 2.73. The van der Waals surface area contributed by atoms with E-state index in [-0.39, 0.29) is 11.7 Å². The molecule has 0 N–H and O–H groups in total. The highest BCUT2D eigenvalue weighted by Gasteiger charge is 2.31. The van der Waals surface area contributed by atoms with Gasteiger partial charge in [0.15, 0.2) is 0 Å². The van der Waals surface area contributed by atoms with Crippen LogP contribution in [0.5, 0.6) is 5.75 Å². The SMILES string of the molecule is CC1(C)CCC(COc2ccccc2)O1. The van der Waals surface area contributed by atoms with Crippen molar-refractivity contribution in [3.8, 4) is 5.75 Å². The van der Waals surface area contributed by atoms with Gasteiger partial charge in [0, 0.05) is 0 Å². The maximum atomic E-state index is 5.85. The van der Waals surface area contributed by atoms with Gasteiger partial charge in [0.25, 0.3) is 0 Å². The summed E-state index contributed by atoms with van der Waals surface area (Å²) in [5, 5.41) is 0. The van der Waals surface area contributed by atoms with Crippen molar-refractivity contribution in [1.82, 2.24) is 0 Å². The summed E-state index contributed by atoms with van der Waals surface area (Å²) in [5.74, 6) is 0.922. The lowest BCUT2D eigenvalue weighted by molar-refractivity contribution is -0.0326. The molecule has 1 aliphatic heterocycles. The monoisotopic (exact) mass is 206 g/mol. The van der Waals surface area contributed by atoms with E-state index in [4.69, 9.17) is 9.47 Å². The van der Waals surface area contributed by atoms with Crippen LogP contribution in [0.4, 0.5) is 0 Å². The second-order valence-electron chi connectivity index (χ2n) is 4.66. The van der Waals surface area contributed by atoms with Crippen LogP contribution in [0.25, 0.3) is 0 Å². The highest BCUT2D eigenvalue weighted by atomic mass is 16.6. The van der Waals surface area contributed by atoms with Gasteiger partial charge in [-0.15, -0.1) is 0 Å². The summed E-state index contributed by atoms with van der Waals surface area (Å²) in [6.07, 6.45) is 2.47. The minimum Gasteiger partial charge on any atom is -0.491 e. The molecule has 0 saturated carbocycles. The van der Waals surface area contributed by atoms with Gasteiger partial charge < -0.3 is 9.47 Å². The average molecular weight is 206 g/mol. The lowest BCUT2D eigenvalue weighted by atomic mass is 10.1. The molecule has 0 aliphatic carbocycles. The molecule has 1 saturated heterocycles. The minimum absolute atomic E-state index is 0.0325. The van der Waals surface area contributed by atoms with Crippen molar-refractivity contribution < 1.29 is 9.47 Å². The fourth-order valence-electron chi connectivity index (χ4n) is 1.90. The number of benzene rings is 1.